The van der Waals surface area contributed by atoms with Crippen molar-refractivity contribution in [3.05, 3.63) is 83.9 Å². The third-order valence-corrected chi connectivity index (χ3v) is 5.17. The zero-order valence-corrected chi connectivity index (χ0v) is 17.3. The second kappa shape index (κ2) is 13.3. The van der Waals surface area contributed by atoms with Crippen molar-refractivity contribution in [2.75, 3.05) is 13.1 Å². The molecule has 2 aromatic rings. The molecule has 0 radical (unpaired) electrons. The molecule has 0 spiro atoms. The number of carbonyl (C=O) groups is 2. The van der Waals surface area contributed by atoms with E-state index in [0.717, 1.165) is 0 Å². The fraction of sp³-hybridized carbons (Fsp3) is 0.360. The molecule has 160 valence electrons. The van der Waals surface area contributed by atoms with Crippen molar-refractivity contribution in [2.45, 2.75) is 44.6 Å². The van der Waals surface area contributed by atoms with Gasteiger partial charge in [-0.15, -0.1) is 0 Å². The van der Waals surface area contributed by atoms with Crippen LogP contribution in [0.15, 0.2) is 72.8 Å². The number of aliphatic carboxylic acids is 2. The van der Waals surface area contributed by atoms with Crippen molar-refractivity contribution in [1.82, 2.24) is 4.90 Å². The molecule has 1 aliphatic heterocycles. The molecule has 1 unspecified atom stereocenters. The van der Waals surface area contributed by atoms with Gasteiger partial charge in [0.05, 0.1) is 0 Å². The van der Waals surface area contributed by atoms with Crippen LogP contribution in [-0.2, 0) is 16.0 Å². The van der Waals surface area contributed by atoms with Crippen LogP contribution >= 0.6 is 0 Å². The van der Waals surface area contributed by atoms with Gasteiger partial charge in [-0.05, 0) is 56.3 Å². The van der Waals surface area contributed by atoms with Crippen LogP contribution in [0.2, 0.25) is 0 Å². The van der Waals surface area contributed by atoms with E-state index in [1.54, 1.807) is 0 Å². The zero-order chi connectivity index (χ0) is 21.6. The summed E-state index contributed by atoms with van der Waals surface area (Å²) >= 11 is 0. The predicted octanol–water partition coefficient (Wildman–Crippen LogP) is 4.95. The van der Waals surface area contributed by atoms with E-state index >= 15 is 0 Å². The Hall–Kier alpha value is -2.92. The number of aryl methyl sites for hydroxylation is 1. The Morgan fingerprint density at radius 3 is 2.07 bits per heavy atom. The lowest BCUT2D eigenvalue weighted by atomic mass is 9.95. The number of rotatable bonds is 8. The highest BCUT2D eigenvalue weighted by Crippen LogP contribution is 2.30. The summed E-state index contributed by atoms with van der Waals surface area (Å²) in [5.74, 6) is -2.51. The number of carboxylic acids is 2. The Balaban J connectivity index is 0.000000343. The third kappa shape index (κ3) is 9.05. The summed E-state index contributed by atoms with van der Waals surface area (Å²) in [6.07, 6.45) is 8.99. The molecule has 0 saturated carbocycles. The monoisotopic (exact) mass is 409 g/mol. The van der Waals surface area contributed by atoms with E-state index < -0.39 is 11.9 Å². The van der Waals surface area contributed by atoms with Gasteiger partial charge in [0.15, 0.2) is 0 Å². The van der Waals surface area contributed by atoms with Crippen molar-refractivity contribution in [3.63, 3.8) is 0 Å². The van der Waals surface area contributed by atoms with E-state index in [4.69, 9.17) is 10.2 Å². The Morgan fingerprint density at radius 2 is 1.47 bits per heavy atom. The maximum atomic E-state index is 9.55. The first-order valence-electron chi connectivity index (χ1n) is 10.5. The number of carboxylic acid groups (broad SMARTS) is 2. The number of nitrogens with zero attached hydrogens (tertiary/aromatic N) is 1. The zero-order valence-electron chi connectivity index (χ0n) is 17.3. The Morgan fingerprint density at radius 1 is 0.867 bits per heavy atom. The van der Waals surface area contributed by atoms with E-state index in [9.17, 15) is 9.59 Å². The van der Waals surface area contributed by atoms with Crippen LogP contribution in [0.25, 0.3) is 0 Å². The van der Waals surface area contributed by atoms with Gasteiger partial charge in [-0.2, -0.15) is 0 Å². The van der Waals surface area contributed by atoms with Crippen LogP contribution in [0.3, 0.4) is 0 Å². The summed E-state index contributed by atoms with van der Waals surface area (Å²) in [6, 6.07) is 22.6. The normalized spacial score (nSPS) is 16.6. The SMILES string of the molecule is O=C(O)/C=C\C(=O)O.c1ccc(CCCCN2CCCCC2c2ccccc2)cc1. The van der Waals surface area contributed by atoms with Crippen LogP contribution in [0, 0.1) is 0 Å². The Labute approximate surface area is 178 Å². The topological polar surface area (TPSA) is 77.8 Å². The van der Waals surface area contributed by atoms with Crippen molar-refractivity contribution < 1.29 is 19.8 Å². The highest BCUT2D eigenvalue weighted by atomic mass is 16.4. The summed E-state index contributed by atoms with van der Waals surface area (Å²) in [5, 5.41) is 15.6. The van der Waals surface area contributed by atoms with Crippen molar-refractivity contribution in [3.8, 4) is 0 Å². The van der Waals surface area contributed by atoms with Crippen molar-refractivity contribution in [1.29, 1.82) is 0 Å². The predicted molar refractivity (Wildman–Crippen MR) is 118 cm³/mol. The minimum atomic E-state index is -1.26. The van der Waals surface area contributed by atoms with Gasteiger partial charge in [0, 0.05) is 18.2 Å². The Kier molecular flexibility index (Phi) is 10.4. The van der Waals surface area contributed by atoms with Gasteiger partial charge in [-0.25, -0.2) is 9.59 Å². The van der Waals surface area contributed by atoms with Crippen LogP contribution in [0.1, 0.15) is 49.3 Å². The summed E-state index contributed by atoms with van der Waals surface area (Å²) < 4.78 is 0. The highest BCUT2D eigenvalue weighted by molar-refractivity contribution is 5.89. The second-order valence-electron chi connectivity index (χ2n) is 7.41. The van der Waals surface area contributed by atoms with Gasteiger partial charge >= 0.3 is 11.9 Å². The standard InChI is InChI=1S/C21H27N.C4H4O4/c1-3-11-19(12-4-1)13-7-9-17-22-18-10-8-16-21(22)20-14-5-2-6-15-20;5-3(6)1-2-4(7)8/h1-6,11-12,14-15,21H,7-10,13,16-18H2;1-2H,(H,5,6)(H,7,8)/b;2-1-. The van der Waals surface area contributed by atoms with Crippen molar-refractivity contribution >= 4 is 11.9 Å². The largest absolute Gasteiger partial charge is 0.478 e. The van der Waals surface area contributed by atoms with E-state index in [1.165, 1.54) is 62.7 Å². The lowest BCUT2D eigenvalue weighted by Gasteiger charge is -2.36. The fourth-order valence-electron chi connectivity index (χ4n) is 3.74. The average Bonchev–Trinajstić information content (AvgIpc) is 2.77. The first-order valence-corrected chi connectivity index (χ1v) is 10.5. The number of benzene rings is 2. The summed E-state index contributed by atoms with van der Waals surface area (Å²) in [7, 11) is 0. The van der Waals surface area contributed by atoms with Crippen LogP contribution in [0.4, 0.5) is 0 Å². The van der Waals surface area contributed by atoms with Gasteiger partial charge in [0.2, 0.25) is 0 Å². The molecule has 2 aromatic carbocycles. The molecule has 0 bridgehead atoms. The van der Waals surface area contributed by atoms with Gasteiger partial charge < -0.3 is 10.2 Å². The van der Waals surface area contributed by atoms with Crippen LogP contribution < -0.4 is 0 Å². The lowest BCUT2D eigenvalue weighted by molar-refractivity contribution is -0.134. The summed E-state index contributed by atoms with van der Waals surface area (Å²) in [6.45, 7) is 2.51. The van der Waals surface area contributed by atoms with Gasteiger partial charge in [-0.1, -0.05) is 67.1 Å². The number of piperidine rings is 1. The number of unbranched alkanes of at least 4 members (excludes halogenated alkanes) is 1. The molecule has 1 fully saturated rings. The smallest absolute Gasteiger partial charge is 0.328 e. The molecule has 1 heterocycles. The van der Waals surface area contributed by atoms with Crippen molar-refractivity contribution in [2.24, 2.45) is 0 Å². The van der Waals surface area contributed by atoms with E-state index in [-0.39, 0.29) is 0 Å². The van der Waals surface area contributed by atoms with E-state index in [1.807, 2.05) is 0 Å². The molecule has 1 saturated heterocycles. The Bertz CT molecular complexity index is 773. The molecular formula is C25H31NO4. The molecule has 1 aliphatic rings. The molecule has 3 rings (SSSR count). The first kappa shape index (κ1) is 23.4. The summed E-state index contributed by atoms with van der Waals surface area (Å²) in [4.78, 5) is 21.8. The second-order valence-corrected chi connectivity index (χ2v) is 7.41. The maximum Gasteiger partial charge on any atom is 0.328 e. The first-order chi connectivity index (χ1) is 14.6. The number of hydrogen-bond acceptors (Lipinski definition) is 3. The number of likely N-dealkylation sites (tertiary alicyclic amines) is 1. The summed E-state index contributed by atoms with van der Waals surface area (Å²) in [5.41, 5.74) is 2.98. The average molecular weight is 410 g/mol. The number of hydrogen-bond donors (Lipinski definition) is 2. The molecule has 0 amide bonds. The molecule has 2 N–H and O–H groups in total. The quantitative estimate of drug-likeness (QED) is 0.476. The third-order valence-electron chi connectivity index (χ3n) is 5.17. The maximum absolute atomic E-state index is 9.55. The molecule has 1 atom stereocenters. The van der Waals surface area contributed by atoms with E-state index in [2.05, 4.69) is 65.6 Å². The molecule has 5 nitrogen and oxygen atoms in total. The van der Waals surface area contributed by atoms with Gasteiger partial charge in [0.1, 0.15) is 0 Å². The van der Waals surface area contributed by atoms with Crippen LogP contribution in [-0.4, -0.2) is 40.1 Å². The minimum Gasteiger partial charge on any atom is -0.478 e. The molecule has 30 heavy (non-hydrogen) atoms. The molecule has 0 aliphatic carbocycles. The van der Waals surface area contributed by atoms with Crippen LogP contribution in [0.5, 0.6) is 0 Å². The fourth-order valence-corrected chi connectivity index (χ4v) is 3.74. The van der Waals surface area contributed by atoms with Gasteiger partial charge in [0.25, 0.3) is 0 Å². The van der Waals surface area contributed by atoms with Gasteiger partial charge in [-0.3, -0.25) is 4.90 Å². The highest BCUT2D eigenvalue weighted by Gasteiger charge is 2.22. The molecular weight excluding hydrogens is 378 g/mol. The lowest BCUT2D eigenvalue weighted by Crippen LogP contribution is -2.34. The van der Waals surface area contributed by atoms with E-state index in [0.29, 0.717) is 18.2 Å². The molecule has 0 aromatic heterocycles. The minimum absolute atomic E-state index is 0.558. The molecule has 5 heteroatoms.